The summed E-state index contributed by atoms with van der Waals surface area (Å²) >= 11 is 0. The van der Waals surface area contributed by atoms with Gasteiger partial charge in [-0.25, -0.2) is 15.0 Å². The summed E-state index contributed by atoms with van der Waals surface area (Å²) in [5.41, 5.74) is 2.65. The van der Waals surface area contributed by atoms with Gasteiger partial charge in [-0.1, -0.05) is 13.0 Å². The fourth-order valence-corrected chi connectivity index (χ4v) is 3.30. The van der Waals surface area contributed by atoms with Gasteiger partial charge in [0.2, 0.25) is 0 Å². The molecule has 0 spiro atoms. The zero-order valence-corrected chi connectivity index (χ0v) is 18.0. The molecule has 7 heteroatoms. The number of aromatic nitrogens is 3. The summed E-state index contributed by atoms with van der Waals surface area (Å²) in [5.74, 6) is 2.28. The minimum absolute atomic E-state index is 0.0206. The van der Waals surface area contributed by atoms with E-state index in [-0.39, 0.29) is 17.3 Å². The van der Waals surface area contributed by atoms with Crippen LogP contribution in [0.5, 0.6) is 23.0 Å². The molecule has 4 rings (SSSR count). The van der Waals surface area contributed by atoms with E-state index in [1.165, 1.54) is 13.2 Å². The van der Waals surface area contributed by atoms with Crippen LogP contribution in [0.3, 0.4) is 0 Å². The van der Waals surface area contributed by atoms with E-state index < -0.39 is 0 Å². The fraction of sp³-hybridized carbons (Fsp3) is 0.160. The summed E-state index contributed by atoms with van der Waals surface area (Å²) in [6.45, 7) is 2.02. The van der Waals surface area contributed by atoms with Gasteiger partial charge in [-0.2, -0.15) is 0 Å². The quantitative estimate of drug-likeness (QED) is 0.451. The van der Waals surface area contributed by atoms with Crippen LogP contribution in [-0.2, 0) is 6.42 Å². The van der Waals surface area contributed by atoms with E-state index in [9.17, 15) is 10.2 Å². The predicted molar refractivity (Wildman–Crippen MR) is 122 cm³/mol. The van der Waals surface area contributed by atoms with Crippen molar-refractivity contribution in [3.05, 3.63) is 66.2 Å². The topological polar surface area (TPSA) is 97.6 Å². The molecular formula is C25H23N3O4. The summed E-state index contributed by atoms with van der Waals surface area (Å²) < 4.78 is 10.4. The molecule has 4 aromatic rings. The van der Waals surface area contributed by atoms with E-state index in [2.05, 4.69) is 15.0 Å². The Morgan fingerprint density at radius 2 is 1.19 bits per heavy atom. The molecule has 0 saturated heterocycles. The second-order valence-electron chi connectivity index (χ2n) is 7.12. The van der Waals surface area contributed by atoms with Crippen molar-refractivity contribution in [2.45, 2.75) is 13.3 Å². The summed E-state index contributed by atoms with van der Waals surface area (Å²) in [7, 11) is 3.13. The maximum atomic E-state index is 10.6. The zero-order valence-electron chi connectivity index (χ0n) is 18.0. The highest BCUT2D eigenvalue weighted by Crippen LogP contribution is 2.34. The molecule has 2 N–H and O–H groups in total. The van der Waals surface area contributed by atoms with E-state index in [4.69, 9.17) is 9.47 Å². The highest BCUT2D eigenvalue weighted by atomic mass is 16.5. The zero-order chi connectivity index (χ0) is 22.7. The first-order valence-corrected chi connectivity index (χ1v) is 10.1. The van der Waals surface area contributed by atoms with Crippen LogP contribution in [0.4, 0.5) is 0 Å². The molecule has 0 unspecified atom stereocenters. The third-order valence-electron chi connectivity index (χ3n) is 5.14. The van der Waals surface area contributed by atoms with Crippen molar-refractivity contribution in [3.8, 4) is 57.2 Å². The molecule has 162 valence electrons. The molecule has 0 atom stereocenters. The largest absolute Gasteiger partial charge is 0.507 e. The molecule has 0 aliphatic rings. The van der Waals surface area contributed by atoms with Crippen LogP contribution < -0.4 is 9.47 Å². The first-order valence-electron chi connectivity index (χ1n) is 10.1. The summed E-state index contributed by atoms with van der Waals surface area (Å²) in [6.07, 6.45) is 0.799. The molecule has 32 heavy (non-hydrogen) atoms. The van der Waals surface area contributed by atoms with Gasteiger partial charge < -0.3 is 19.7 Å². The Bertz CT molecular complexity index is 1190. The lowest BCUT2D eigenvalue weighted by Gasteiger charge is -2.11. The number of nitrogens with zero attached hydrogens (tertiary/aromatic N) is 3. The average molecular weight is 429 g/mol. The molecule has 1 heterocycles. The van der Waals surface area contributed by atoms with Crippen molar-refractivity contribution in [1.82, 2.24) is 15.0 Å². The lowest BCUT2D eigenvalue weighted by molar-refractivity contribution is 0.408. The van der Waals surface area contributed by atoms with Gasteiger partial charge in [-0.3, -0.25) is 0 Å². The summed E-state index contributed by atoms with van der Waals surface area (Å²) in [6, 6.07) is 17.6. The number of hydrogen-bond donors (Lipinski definition) is 2. The number of phenols is 2. The lowest BCUT2D eigenvalue weighted by Crippen LogP contribution is -2.01. The molecule has 0 fully saturated rings. The summed E-state index contributed by atoms with van der Waals surface area (Å²) in [5, 5.41) is 21.2. The molecule has 0 amide bonds. The number of ether oxygens (including phenoxy) is 2. The Kier molecular flexibility index (Phi) is 5.89. The van der Waals surface area contributed by atoms with E-state index in [1.807, 2.05) is 37.3 Å². The number of aryl methyl sites for hydroxylation is 1. The first-order chi connectivity index (χ1) is 15.5. The second-order valence-corrected chi connectivity index (χ2v) is 7.12. The Balaban J connectivity index is 1.90. The highest BCUT2D eigenvalue weighted by Gasteiger charge is 2.17. The van der Waals surface area contributed by atoms with Gasteiger partial charge >= 0.3 is 0 Å². The minimum Gasteiger partial charge on any atom is -0.507 e. The van der Waals surface area contributed by atoms with Crippen molar-refractivity contribution in [2.24, 2.45) is 0 Å². The second kappa shape index (κ2) is 8.93. The standard InChI is InChI=1S/C25H23N3O4/c1-4-15-5-11-19(21(29)13-15)24-26-23(16-6-8-17(31-2)9-7-16)27-25(28-24)20-12-10-18(32-3)14-22(20)30/h5-14,29-30H,4H2,1-3H3. The van der Waals surface area contributed by atoms with Crippen LogP contribution in [0, 0.1) is 0 Å². The molecule has 3 aromatic carbocycles. The highest BCUT2D eigenvalue weighted by molar-refractivity contribution is 5.72. The van der Waals surface area contributed by atoms with Crippen molar-refractivity contribution < 1.29 is 19.7 Å². The Morgan fingerprint density at radius 1 is 0.656 bits per heavy atom. The van der Waals surface area contributed by atoms with Crippen molar-refractivity contribution in [1.29, 1.82) is 0 Å². The first kappa shape index (κ1) is 21.1. The van der Waals surface area contributed by atoms with Gasteiger partial charge in [-0.05, 0) is 60.5 Å². The van der Waals surface area contributed by atoms with Crippen LogP contribution in [0.1, 0.15) is 12.5 Å². The number of aromatic hydroxyl groups is 2. The molecule has 7 nitrogen and oxygen atoms in total. The summed E-state index contributed by atoms with van der Waals surface area (Å²) in [4.78, 5) is 13.8. The SMILES string of the molecule is CCc1ccc(-c2nc(-c3ccc(OC)cc3)nc(-c3ccc(OC)cc3O)n2)c(O)c1. The van der Waals surface area contributed by atoms with E-state index in [0.717, 1.165) is 17.5 Å². The smallest absolute Gasteiger partial charge is 0.167 e. The maximum Gasteiger partial charge on any atom is 0.167 e. The Hall–Kier alpha value is -4.13. The van der Waals surface area contributed by atoms with Gasteiger partial charge in [0.1, 0.15) is 23.0 Å². The van der Waals surface area contributed by atoms with Crippen LogP contribution >= 0.6 is 0 Å². The molecule has 0 radical (unpaired) electrons. The molecule has 0 bridgehead atoms. The monoisotopic (exact) mass is 429 g/mol. The van der Waals surface area contributed by atoms with Crippen LogP contribution in [0.15, 0.2) is 60.7 Å². The van der Waals surface area contributed by atoms with E-state index in [0.29, 0.717) is 34.3 Å². The molecular weight excluding hydrogens is 406 g/mol. The van der Waals surface area contributed by atoms with Crippen molar-refractivity contribution in [3.63, 3.8) is 0 Å². The molecule has 1 aromatic heterocycles. The van der Waals surface area contributed by atoms with Crippen molar-refractivity contribution in [2.75, 3.05) is 14.2 Å². The van der Waals surface area contributed by atoms with Gasteiger partial charge in [0.05, 0.1) is 25.3 Å². The predicted octanol–water partition coefficient (Wildman–Crippen LogP) is 4.86. The number of methoxy groups -OCH3 is 2. The average Bonchev–Trinajstić information content (AvgIpc) is 2.83. The number of phenolic OH excluding ortho intramolecular Hbond substituents is 2. The number of rotatable bonds is 6. The van der Waals surface area contributed by atoms with Gasteiger partial charge in [-0.15, -0.1) is 0 Å². The Morgan fingerprint density at radius 3 is 1.72 bits per heavy atom. The third-order valence-corrected chi connectivity index (χ3v) is 5.14. The third kappa shape index (κ3) is 4.18. The van der Waals surface area contributed by atoms with Gasteiger partial charge in [0, 0.05) is 11.6 Å². The normalized spacial score (nSPS) is 10.7. The molecule has 0 aliphatic carbocycles. The van der Waals surface area contributed by atoms with Gasteiger partial charge in [0.15, 0.2) is 17.5 Å². The Labute approximate surface area is 186 Å². The lowest BCUT2D eigenvalue weighted by atomic mass is 10.1. The molecule has 0 aliphatic heterocycles. The van der Waals surface area contributed by atoms with E-state index in [1.54, 1.807) is 31.4 Å². The van der Waals surface area contributed by atoms with Crippen LogP contribution in [0.25, 0.3) is 34.2 Å². The number of benzene rings is 3. The van der Waals surface area contributed by atoms with Crippen LogP contribution in [-0.4, -0.2) is 39.4 Å². The maximum absolute atomic E-state index is 10.6. The molecule has 0 saturated carbocycles. The minimum atomic E-state index is -0.0206. The van der Waals surface area contributed by atoms with E-state index >= 15 is 0 Å². The van der Waals surface area contributed by atoms with Crippen molar-refractivity contribution >= 4 is 0 Å². The fourth-order valence-electron chi connectivity index (χ4n) is 3.30. The number of hydrogen-bond acceptors (Lipinski definition) is 7. The van der Waals surface area contributed by atoms with Gasteiger partial charge in [0.25, 0.3) is 0 Å². The van der Waals surface area contributed by atoms with Crippen LogP contribution in [0.2, 0.25) is 0 Å².